The molecular weight excluding hydrogens is 278 g/mol. The Labute approximate surface area is 129 Å². The predicted octanol–water partition coefficient (Wildman–Crippen LogP) is 3.18. The first-order valence-electron chi connectivity index (χ1n) is 8.22. The zero-order chi connectivity index (χ0) is 14.9. The van der Waals surface area contributed by atoms with E-state index in [1.54, 1.807) is 0 Å². The summed E-state index contributed by atoms with van der Waals surface area (Å²) in [6.45, 7) is 1.08. The molecule has 1 saturated heterocycles. The molecule has 1 aliphatic carbocycles. The SMILES string of the molecule is O=C(CCC1CCCN1)Nc1ccc2oc(C3CC3)nc2c1. The Hall–Kier alpha value is -1.88. The van der Waals surface area contributed by atoms with Crippen molar-refractivity contribution in [2.75, 3.05) is 11.9 Å². The smallest absolute Gasteiger partial charge is 0.224 e. The molecule has 1 amide bonds. The minimum absolute atomic E-state index is 0.0685. The highest BCUT2D eigenvalue weighted by Gasteiger charge is 2.28. The average Bonchev–Trinajstić information content (AvgIpc) is 3.08. The third kappa shape index (κ3) is 2.99. The molecule has 0 radical (unpaired) electrons. The van der Waals surface area contributed by atoms with Gasteiger partial charge in [0.1, 0.15) is 5.52 Å². The van der Waals surface area contributed by atoms with Crippen molar-refractivity contribution in [1.29, 1.82) is 0 Å². The molecule has 1 aromatic carbocycles. The molecule has 22 heavy (non-hydrogen) atoms. The molecule has 4 rings (SSSR count). The third-order valence-electron chi connectivity index (χ3n) is 4.50. The van der Waals surface area contributed by atoms with Crippen LogP contribution in [0.5, 0.6) is 0 Å². The Bertz CT molecular complexity index is 684. The lowest BCUT2D eigenvalue weighted by molar-refractivity contribution is -0.116. The molecule has 1 unspecified atom stereocenters. The molecule has 1 aliphatic heterocycles. The molecule has 1 atom stereocenters. The summed E-state index contributed by atoms with van der Waals surface area (Å²) in [4.78, 5) is 16.6. The second-order valence-electron chi connectivity index (χ2n) is 6.39. The summed E-state index contributed by atoms with van der Waals surface area (Å²) in [5.74, 6) is 1.41. The molecule has 2 aliphatic rings. The molecular formula is C17H21N3O2. The monoisotopic (exact) mass is 299 g/mol. The normalized spacial score (nSPS) is 21.4. The number of benzene rings is 1. The first-order chi connectivity index (χ1) is 10.8. The van der Waals surface area contributed by atoms with Crippen molar-refractivity contribution in [3.63, 3.8) is 0 Å². The number of amides is 1. The molecule has 2 fully saturated rings. The predicted molar refractivity (Wildman–Crippen MR) is 84.9 cm³/mol. The van der Waals surface area contributed by atoms with E-state index >= 15 is 0 Å². The topological polar surface area (TPSA) is 67.2 Å². The summed E-state index contributed by atoms with van der Waals surface area (Å²) in [7, 11) is 0. The number of oxazole rings is 1. The maximum Gasteiger partial charge on any atom is 0.224 e. The van der Waals surface area contributed by atoms with E-state index in [9.17, 15) is 4.79 Å². The van der Waals surface area contributed by atoms with Gasteiger partial charge < -0.3 is 15.1 Å². The highest BCUT2D eigenvalue weighted by Crippen LogP contribution is 2.40. The summed E-state index contributed by atoms with van der Waals surface area (Å²) < 4.78 is 5.73. The lowest BCUT2D eigenvalue weighted by Gasteiger charge is -2.09. The van der Waals surface area contributed by atoms with E-state index in [0.29, 0.717) is 18.4 Å². The van der Waals surface area contributed by atoms with Crippen molar-refractivity contribution >= 4 is 22.7 Å². The van der Waals surface area contributed by atoms with Crippen LogP contribution in [0.4, 0.5) is 5.69 Å². The summed E-state index contributed by atoms with van der Waals surface area (Å²) in [6, 6.07) is 6.18. The summed E-state index contributed by atoms with van der Waals surface area (Å²) in [5.41, 5.74) is 2.43. The summed E-state index contributed by atoms with van der Waals surface area (Å²) >= 11 is 0. The minimum Gasteiger partial charge on any atom is -0.440 e. The lowest BCUT2D eigenvalue weighted by Crippen LogP contribution is -2.23. The van der Waals surface area contributed by atoms with Crippen molar-refractivity contribution in [2.24, 2.45) is 0 Å². The maximum absolute atomic E-state index is 12.0. The highest BCUT2D eigenvalue weighted by atomic mass is 16.3. The Balaban J connectivity index is 1.38. The Kier molecular flexibility index (Phi) is 3.58. The number of carbonyl (C=O) groups excluding carboxylic acids is 1. The van der Waals surface area contributed by atoms with Crippen LogP contribution in [0.1, 0.15) is 50.3 Å². The second-order valence-corrected chi connectivity index (χ2v) is 6.39. The van der Waals surface area contributed by atoms with Crippen LogP contribution >= 0.6 is 0 Å². The van der Waals surface area contributed by atoms with Crippen LogP contribution in [0.15, 0.2) is 22.6 Å². The van der Waals surface area contributed by atoms with Gasteiger partial charge in [-0.15, -0.1) is 0 Å². The van der Waals surface area contributed by atoms with Gasteiger partial charge in [-0.05, 0) is 56.8 Å². The van der Waals surface area contributed by atoms with Gasteiger partial charge in [0.2, 0.25) is 5.91 Å². The quantitative estimate of drug-likeness (QED) is 0.890. The van der Waals surface area contributed by atoms with E-state index < -0.39 is 0 Å². The van der Waals surface area contributed by atoms with Crippen molar-refractivity contribution in [3.05, 3.63) is 24.1 Å². The van der Waals surface area contributed by atoms with Crippen LogP contribution in [-0.4, -0.2) is 23.5 Å². The average molecular weight is 299 g/mol. The molecule has 0 bridgehead atoms. The standard InChI is InChI=1S/C17H21N3O2/c21-16(8-6-12-2-1-9-18-12)19-13-5-7-15-14(10-13)20-17(22-15)11-3-4-11/h5,7,10-12,18H,1-4,6,8-9H2,(H,19,21). The van der Waals surface area contributed by atoms with Gasteiger partial charge in [0, 0.05) is 24.1 Å². The molecule has 0 spiro atoms. The van der Waals surface area contributed by atoms with Crippen LogP contribution in [0, 0.1) is 0 Å². The van der Waals surface area contributed by atoms with Gasteiger partial charge in [-0.1, -0.05) is 0 Å². The highest BCUT2D eigenvalue weighted by molar-refractivity contribution is 5.92. The third-order valence-corrected chi connectivity index (χ3v) is 4.50. The Morgan fingerprint density at radius 2 is 2.27 bits per heavy atom. The number of rotatable bonds is 5. The molecule has 2 aromatic rings. The number of hydrogen-bond donors (Lipinski definition) is 2. The zero-order valence-corrected chi connectivity index (χ0v) is 12.6. The molecule has 116 valence electrons. The van der Waals surface area contributed by atoms with Gasteiger partial charge in [0.15, 0.2) is 11.5 Å². The zero-order valence-electron chi connectivity index (χ0n) is 12.6. The number of carbonyl (C=O) groups is 1. The number of nitrogens with one attached hydrogen (secondary N) is 2. The van der Waals surface area contributed by atoms with Gasteiger partial charge in [0.05, 0.1) is 0 Å². The fourth-order valence-corrected chi connectivity index (χ4v) is 3.06. The van der Waals surface area contributed by atoms with Gasteiger partial charge in [-0.25, -0.2) is 4.98 Å². The van der Waals surface area contributed by atoms with Crippen LogP contribution in [0.3, 0.4) is 0 Å². The van der Waals surface area contributed by atoms with Crippen molar-refractivity contribution in [3.8, 4) is 0 Å². The molecule has 5 heteroatoms. The van der Waals surface area contributed by atoms with E-state index in [-0.39, 0.29) is 5.91 Å². The fourth-order valence-electron chi connectivity index (χ4n) is 3.06. The Morgan fingerprint density at radius 1 is 1.36 bits per heavy atom. The number of hydrogen-bond acceptors (Lipinski definition) is 4. The molecule has 5 nitrogen and oxygen atoms in total. The van der Waals surface area contributed by atoms with Crippen LogP contribution < -0.4 is 10.6 Å². The maximum atomic E-state index is 12.0. The van der Waals surface area contributed by atoms with Gasteiger partial charge in [-0.2, -0.15) is 0 Å². The van der Waals surface area contributed by atoms with E-state index in [1.807, 2.05) is 18.2 Å². The summed E-state index contributed by atoms with van der Waals surface area (Å²) in [5, 5.41) is 6.38. The number of fused-ring (bicyclic) bond motifs is 1. The van der Waals surface area contributed by atoms with Gasteiger partial charge >= 0.3 is 0 Å². The van der Waals surface area contributed by atoms with E-state index in [1.165, 1.54) is 25.7 Å². The van der Waals surface area contributed by atoms with Crippen molar-refractivity contribution < 1.29 is 9.21 Å². The summed E-state index contributed by atoms with van der Waals surface area (Å²) in [6.07, 6.45) is 6.21. The second kappa shape index (κ2) is 5.72. The molecule has 1 saturated carbocycles. The molecule has 2 N–H and O–H groups in total. The molecule has 2 heterocycles. The van der Waals surface area contributed by atoms with Crippen molar-refractivity contribution in [1.82, 2.24) is 10.3 Å². The van der Waals surface area contributed by atoms with Gasteiger partial charge in [0.25, 0.3) is 0 Å². The van der Waals surface area contributed by atoms with Crippen LogP contribution in [0.2, 0.25) is 0 Å². The number of nitrogens with zero attached hydrogens (tertiary/aromatic N) is 1. The van der Waals surface area contributed by atoms with Crippen molar-refractivity contribution in [2.45, 2.75) is 50.5 Å². The molecule has 1 aromatic heterocycles. The first-order valence-corrected chi connectivity index (χ1v) is 8.22. The van der Waals surface area contributed by atoms with E-state index in [2.05, 4.69) is 15.6 Å². The Morgan fingerprint density at radius 3 is 3.05 bits per heavy atom. The van der Waals surface area contributed by atoms with Gasteiger partial charge in [-0.3, -0.25) is 4.79 Å². The largest absolute Gasteiger partial charge is 0.440 e. The van der Waals surface area contributed by atoms with Crippen LogP contribution in [-0.2, 0) is 4.79 Å². The van der Waals surface area contributed by atoms with E-state index in [4.69, 9.17) is 4.42 Å². The van der Waals surface area contributed by atoms with E-state index in [0.717, 1.165) is 35.6 Å². The minimum atomic E-state index is 0.0685. The lowest BCUT2D eigenvalue weighted by atomic mass is 10.1. The first kappa shape index (κ1) is 13.8. The van der Waals surface area contributed by atoms with Crippen LogP contribution in [0.25, 0.3) is 11.1 Å². The fraction of sp³-hybridized carbons (Fsp3) is 0.529. The number of aromatic nitrogens is 1. The number of anilines is 1.